The van der Waals surface area contributed by atoms with Crippen molar-refractivity contribution >= 4 is 19.8 Å². The zero-order valence-corrected chi connectivity index (χ0v) is 37.2. The minimum atomic E-state index is -5.13. The fraction of sp³-hybridized carbons (Fsp3) is 0.778. The second-order valence-corrected chi connectivity index (χ2v) is 17.1. The molecule has 3 unspecified atom stereocenters. The number of aliphatic hydroxyl groups is 6. The van der Waals surface area contributed by atoms with Crippen LogP contribution in [0.4, 0.5) is 0 Å². The molecule has 348 valence electrons. The summed E-state index contributed by atoms with van der Waals surface area (Å²) in [5, 5.41) is 59.6. The van der Waals surface area contributed by atoms with E-state index in [0.29, 0.717) is 19.3 Å². The summed E-state index contributed by atoms with van der Waals surface area (Å²) in [6.07, 6.45) is 24.0. The van der Waals surface area contributed by atoms with Crippen LogP contribution in [0.1, 0.15) is 162 Å². The quantitative estimate of drug-likeness (QED) is 0.0141. The van der Waals surface area contributed by atoms with Gasteiger partial charge in [0.1, 0.15) is 43.2 Å². The number of carbonyl (C=O) groups is 2. The maximum absolute atomic E-state index is 12.8. The van der Waals surface area contributed by atoms with Crippen molar-refractivity contribution in [2.24, 2.45) is 0 Å². The van der Waals surface area contributed by atoms with E-state index in [0.717, 1.165) is 64.2 Å². The van der Waals surface area contributed by atoms with Crippen LogP contribution in [-0.2, 0) is 32.7 Å². The Morgan fingerprint density at radius 3 is 1.55 bits per heavy atom. The predicted octanol–water partition coefficient (Wildman–Crippen LogP) is 7.36. The third-order valence-electron chi connectivity index (χ3n) is 10.3. The van der Waals surface area contributed by atoms with Crippen molar-refractivity contribution < 1.29 is 68.2 Å². The van der Waals surface area contributed by atoms with Crippen LogP contribution in [0.25, 0.3) is 0 Å². The van der Waals surface area contributed by atoms with Crippen LogP contribution in [0.3, 0.4) is 0 Å². The van der Waals surface area contributed by atoms with Gasteiger partial charge in [0, 0.05) is 12.8 Å². The number of unbranched alkanes of at least 4 members (excludes halogenated alkanes) is 13. The van der Waals surface area contributed by atoms with Gasteiger partial charge < -0.3 is 45.0 Å². The van der Waals surface area contributed by atoms with Crippen LogP contribution in [0.2, 0.25) is 0 Å². The van der Waals surface area contributed by atoms with Crippen LogP contribution < -0.4 is 0 Å². The normalized spacial score (nSPS) is 23.1. The molecule has 7 N–H and O–H groups in total. The highest BCUT2D eigenvalue weighted by Crippen LogP contribution is 2.47. The molecule has 0 saturated heterocycles. The highest BCUT2D eigenvalue weighted by molar-refractivity contribution is 7.47. The Bertz CT molecular complexity index is 1260. The van der Waals surface area contributed by atoms with Crippen molar-refractivity contribution in [3.05, 3.63) is 48.6 Å². The number of phosphoric acid groups is 1. The molecule has 1 fully saturated rings. The molecule has 0 spiro atoms. The maximum atomic E-state index is 12.8. The summed E-state index contributed by atoms with van der Waals surface area (Å²) in [6, 6.07) is 0. The first kappa shape index (κ1) is 55.8. The minimum Gasteiger partial charge on any atom is -0.462 e. The summed E-state index contributed by atoms with van der Waals surface area (Å²) in [4.78, 5) is 35.6. The van der Waals surface area contributed by atoms with Crippen LogP contribution in [-0.4, -0.2) is 110 Å². The molecule has 0 amide bonds. The fourth-order valence-corrected chi connectivity index (χ4v) is 7.47. The lowest BCUT2D eigenvalue weighted by Gasteiger charge is -2.41. The van der Waals surface area contributed by atoms with Gasteiger partial charge in [-0.2, -0.15) is 0 Å². The van der Waals surface area contributed by atoms with Gasteiger partial charge in [0.05, 0.1) is 12.7 Å². The lowest BCUT2D eigenvalue weighted by Crippen LogP contribution is -2.64. The highest BCUT2D eigenvalue weighted by Gasteiger charge is 2.51. The molecular formula is C45H79O14P. The largest absolute Gasteiger partial charge is 0.472 e. The number of carbonyl (C=O) groups excluding carboxylic acids is 2. The molecule has 0 radical (unpaired) electrons. The van der Waals surface area contributed by atoms with E-state index in [9.17, 15) is 49.7 Å². The number of rotatable bonds is 36. The van der Waals surface area contributed by atoms with E-state index in [1.165, 1.54) is 51.4 Å². The molecule has 15 heteroatoms. The Labute approximate surface area is 359 Å². The second kappa shape index (κ2) is 35.3. The topological polar surface area (TPSA) is 230 Å². The van der Waals surface area contributed by atoms with Crippen LogP contribution in [0.15, 0.2) is 48.6 Å². The van der Waals surface area contributed by atoms with Crippen molar-refractivity contribution in [3.63, 3.8) is 0 Å². The number of phosphoric ester groups is 1. The lowest BCUT2D eigenvalue weighted by molar-refractivity contribution is -0.220. The zero-order chi connectivity index (χ0) is 44.4. The summed E-state index contributed by atoms with van der Waals surface area (Å²) >= 11 is 0. The molecular weight excluding hydrogens is 795 g/mol. The minimum absolute atomic E-state index is 0.0780. The fourth-order valence-electron chi connectivity index (χ4n) is 6.49. The van der Waals surface area contributed by atoms with Crippen molar-refractivity contribution in [1.82, 2.24) is 0 Å². The summed E-state index contributed by atoms with van der Waals surface area (Å²) in [7, 11) is -5.13. The van der Waals surface area contributed by atoms with Crippen molar-refractivity contribution in [2.75, 3.05) is 13.2 Å². The molecule has 0 heterocycles. The first-order chi connectivity index (χ1) is 28.8. The molecule has 0 bridgehead atoms. The summed E-state index contributed by atoms with van der Waals surface area (Å²) in [5.41, 5.74) is 0. The first-order valence-electron chi connectivity index (χ1n) is 22.5. The molecule has 0 aromatic rings. The van der Waals surface area contributed by atoms with Gasteiger partial charge in [-0.25, -0.2) is 4.57 Å². The standard InChI is InChI=1S/C45H79O14P/c1-3-5-6-7-8-9-10-13-18-21-24-27-30-33-39(48)58-37(35-57-60(54,55)59-45-43(52)41(50)40(49)42(51)44(45)53)34-56-38(47)32-29-26-23-20-17-15-12-11-14-16-19-22-25-28-31-36(46)4-2/h12,14-16,20,22-23,25,36-37,40-46,49-53H,3-11,13,17-19,21,24,26-35H2,1-2H3,(H,54,55)/b15-12-,16-14-,23-20-,25-22-/t36-,37+,40?,41-,42+,43+,44+,45?/m0/s1. The SMILES string of the molecule is CCCCCCCCCCCCCCCC(=O)O[C@H](COC(=O)CCC/C=C\C/C=C\C/C=C\C/C=C\CC[C@@H](O)CC)COP(=O)(O)OC1[C@H](O)[C@H](O)C(O)[C@H](O)[C@H]1O. The van der Waals surface area contributed by atoms with Gasteiger partial charge >= 0.3 is 19.8 Å². The third-order valence-corrected chi connectivity index (χ3v) is 11.3. The van der Waals surface area contributed by atoms with Crippen LogP contribution >= 0.6 is 7.82 Å². The van der Waals surface area contributed by atoms with E-state index in [2.05, 4.69) is 43.4 Å². The van der Waals surface area contributed by atoms with Gasteiger partial charge in [-0.3, -0.25) is 18.6 Å². The monoisotopic (exact) mass is 875 g/mol. The molecule has 14 nitrogen and oxygen atoms in total. The smallest absolute Gasteiger partial charge is 0.462 e. The molecule has 1 aliphatic carbocycles. The summed E-state index contributed by atoms with van der Waals surface area (Å²) < 4.78 is 33.4. The van der Waals surface area contributed by atoms with Crippen molar-refractivity contribution in [3.8, 4) is 0 Å². The average Bonchev–Trinajstić information content (AvgIpc) is 3.23. The van der Waals surface area contributed by atoms with Crippen molar-refractivity contribution in [2.45, 2.75) is 210 Å². The molecule has 1 aliphatic rings. The first-order valence-corrected chi connectivity index (χ1v) is 24.0. The van der Waals surface area contributed by atoms with E-state index in [1.54, 1.807) is 0 Å². The van der Waals surface area contributed by atoms with E-state index < -0.39 is 75.7 Å². The molecule has 1 saturated carbocycles. The van der Waals surface area contributed by atoms with Gasteiger partial charge in [0.15, 0.2) is 6.10 Å². The van der Waals surface area contributed by atoms with E-state index >= 15 is 0 Å². The molecule has 9 atom stereocenters. The van der Waals surface area contributed by atoms with Gasteiger partial charge in [0.2, 0.25) is 0 Å². The number of aliphatic hydroxyl groups excluding tert-OH is 6. The highest BCUT2D eigenvalue weighted by atomic mass is 31.2. The van der Waals surface area contributed by atoms with Gasteiger partial charge in [-0.05, 0) is 57.8 Å². The van der Waals surface area contributed by atoms with Crippen molar-refractivity contribution in [1.29, 1.82) is 0 Å². The van der Waals surface area contributed by atoms with Crippen LogP contribution in [0, 0.1) is 0 Å². The number of ether oxygens (including phenoxy) is 2. The maximum Gasteiger partial charge on any atom is 0.472 e. The molecule has 60 heavy (non-hydrogen) atoms. The Balaban J connectivity index is 2.51. The molecule has 0 aliphatic heterocycles. The second-order valence-electron chi connectivity index (χ2n) is 15.7. The Kier molecular flexibility index (Phi) is 32.8. The van der Waals surface area contributed by atoms with Gasteiger partial charge in [0.25, 0.3) is 0 Å². The molecule has 0 aromatic carbocycles. The molecule has 0 aromatic heterocycles. The zero-order valence-electron chi connectivity index (χ0n) is 36.4. The van der Waals surface area contributed by atoms with E-state index in [1.807, 2.05) is 19.1 Å². The number of hydrogen-bond donors (Lipinski definition) is 7. The summed E-state index contributed by atoms with van der Waals surface area (Å²) in [6.45, 7) is 2.96. The lowest BCUT2D eigenvalue weighted by atomic mass is 9.85. The Morgan fingerprint density at radius 2 is 1.03 bits per heavy atom. The average molecular weight is 875 g/mol. The Morgan fingerprint density at radius 1 is 0.583 bits per heavy atom. The van der Waals surface area contributed by atoms with Crippen LogP contribution in [0.5, 0.6) is 0 Å². The predicted molar refractivity (Wildman–Crippen MR) is 232 cm³/mol. The number of allylic oxidation sites excluding steroid dienone is 8. The number of hydrogen-bond acceptors (Lipinski definition) is 13. The third kappa shape index (κ3) is 27.7. The molecule has 1 rings (SSSR count). The van der Waals surface area contributed by atoms with Gasteiger partial charge in [-0.15, -0.1) is 0 Å². The number of esters is 2. The van der Waals surface area contributed by atoms with Gasteiger partial charge in [-0.1, -0.05) is 140 Å². The summed E-state index contributed by atoms with van der Waals surface area (Å²) in [5.74, 6) is -1.18. The van der Waals surface area contributed by atoms with E-state index in [-0.39, 0.29) is 18.9 Å². The Hall–Kier alpha value is -2.23. The van der Waals surface area contributed by atoms with E-state index in [4.69, 9.17) is 18.5 Å².